The Morgan fingerprint density at radius 3 is 2.57 bits per heavy atom. The van der Waals surface area contributed by atoms with Crippen LogP contribution in [0, 0.1) is 0 Å². The lowest BCUT2D eigenvalue weighted by Gasteiger charge is -2.28. The van der Waals surface area contributed by atoms with Crippen LogP contribution in [0.2, 0.25) is 0 Å². The molecule has 0 spiro atoms. The highest BCUT2D eigenvalue weighted by Gasteiger charge is 2.10. The minimum absolute atomic E-state index is 0.705. The van der Waals surface area contributed by atoms with E-state index in [2.05, 4.69) is 51.5 Å². The molecule has 0 amide bonds. The van der Waals surface area contributed by atoms with Gasteiger partial charge < -0.3 is 10.2 Å². The van der Waals surface area contributed by atoms with Gasteiger partial charge in [0.25, 0.3) is 0 Å². The summed E-state index contributed by atoms with van der Waals surface area (Å²) in [4.78, 5) is 6.75. The maximum absolute atomic E-state index is 4.27. The molecule has 0 atom stereocenters. The molecule has 0 aliphatic carbocycles. The quantitative estimate of drug-likeness (QED) is 0.917. The standard InChI is InChI=1S/C16H23N5/c1-2-21-16(18-13-19-21)12-17-14-6-8-15(9-7-14)20-10-4-3-5-11-20/h6-9,13,17H,2-5,10-12H2,1H3. The molecule has 1 aromatic heterocycles. The monoisotopic (exact) mass is 285 g/mol. The van der Waals surface area contributed by atoms with Crippen molar-refractivity contribution >= 4 is 11.4 Å². The number of aromatic nitrogens is 3. The molecule has 1 aliphatic heterocycles. The van der Waals surface area contributed by atoms with Crippen LogP contribution in [0.1, 0.15) is 32.0 Å². The molecule has 2 aromatic rings. The Bertz CT molecular complexity index is 554. The first-order chi connectivity index (χ1) is 10.4. The molecule has 0 radical (unpaired) electrons. The number of hydrogen-bond donors (Lipinski definition) is 1. The van der Waals surface area contributed by atoms with E-state index in [4.69, 9.17) is 0 Å². The molecular formula is C16H23N5. The van der Waals surface area contributed by atoms with Gasteiger partial charge in [-0.3, -0.25) is 0 Å². The van der Waals surface area contributed by atoms with Crippen LogP contribution in [0.4, 0.5) is 11.4 Å². The Labute approximate surface area is 126 Å². The zero-order valence-electron chi connectivity index (χ0n) is 12.6. The molecule has 21 heavy (non-hydrogen) atoms. The van der Waals surface area contributed by atoms with Crippen molar-refractivity contribution < 1.29 is 0 Å². The first kappa shape index (κ1) is 13.9. The zero-order valence-corrected chi connectivity index (χ0v) is 12.6. The number of hydrogen-bond acceptors (Lipinski definition) is 4. The maximum atomic E-state index is 4.27. The molecule has 3 rings (SSSR count). The SMILES string of the molecule is CCn1ncnc1CNc1ccc(N2CCCCC2)cc1. The summed E-state index contributed by atoms with van der Waals surface area (Å²) < 4.78 is 1.91. The molecular weight excluding hydrogens is 262 g/mol. The fraction of sp³-hybridized carbons (Fsp3) is 0.500. The van der Waals surface area contributed by atoms with E-state index in [1.54, 1.807) is 6.33 Å². The Morgan fingerprint density at radius 2 is 1.86 bits per heavy atom. The van der Waals surface area contributed by atoms with Crippen molar-refractivity contribution in [2.45, 2.75) is 39.3 Å². The lowest BCUT2D eigenvalue weighted by molar-refractivity contribution is 0.578. The third-order valence-electron chi connectivity index (χ3n) is 4.03. The largest absolute Gasteiger partial charge is 0.378 e. The van der Waals surface area contributed by atoms with Crippen LogP contribution in [0.3, 0.4) is 0 Å². The second kappa shape index (κ2) is 6.61. The summed E-state index contributed by atoms with van der Waals surface area (Å²) in [5.41, 5.74) is 2.46. The molecule has 0 bridgehead atoms. The minimum atomic E-state index is 0.705. The van der Waals surface area contributed by atoms with Crippen LogP contribution in [0.15, 0.2) is 30.6 Å². The second-order valence-corrected chi connectivity index (χ2v) is 5.44. The number of anilines is 2. The highest BCUT2D eigenvalue weighted by Crippen LogP contribution is 2.21. The van der Waals surface area contributed by atoms with Crippen molar-refractivity contribution in [1.29, 1.82) is 0 Å². The molecule has 2 heterocycles. The highest BCUT2D eigenvalue weighted by molar-refractivity contribution is 5.55. The van der Waals surface area contributed by atoms with Crippen LogP contribution in [-0.2, 0) is 13.1 Å². The van der Waals surface area contributed by atoms with Gasteiger partial charge in [0.05, 0.1) is 6.54 Å². The fourth-order valence-corrected chi connectivity index (χ4v) is 2.81. The number of rotatable bonds is 5. The smallest absolute Gasteiger partial charge is 0.146 e. The third kappa shape index (κ3) is 3.35. The van der Waals surface area contributed by atoms with Crippen molar-refractivity contribution in [2.24, 2.45) is 0 Å². The topological polar surface area (TPSA) is 46.0 Å². The van der Waals surface area contributed by atoms with Gasteiger partial charge in [0.2, 0.25) is 0 Å². The third-order valence-corrected chi connectivity index (χ3v) is 4.03. The molecule has 0 unspecified atom stereocenters. The number of nitrogens with zero attached hydrogens (tertiary/aromatic N) is 4. The van der Waals surface area contributed by atoms with E-state index in [-0.39, 0.29) is 0 Å². The van der Waals surface area contributed by atoms with E-state index in [0.717, 1.165) is 18.1 Å². The Hall–Kier alpha value is -2.04. The van der Waals surface area contributed by atoms with Gasteiger partial charge in [0.1, 0.15) is 12.2 Å². The van der Waals surface area contributed by atoms with Crippen molar-refractivity contribution in [3.8, 4) is 0 Å². The summed E-state index contributed by atoms with van der Waals surface area (Å²) in [6.07, 6.45) is 5.60. The highest BCUT2D eigenvalue weighted by atomic mass is 15.3. The van der Waals surface area contributed by atoms with Crippen molar-refractivity contribution in [3.05, 3.63) is 36.4 Å². The van der Waals surface area contributed by atoms with Gasteiger partial charge in [-0.2, -0.15) is 5.10 Å². The predicted molar refractivity (Wildman–Crippen MR) is 85.5 cm³/mol. The number of nitrogens with one attached hydrogen (secondary N) is 1. The summed E-state index contributed by atoms with van der Waals surface area (Å²) in [7, 11) is 0. The van der Waals surface area contributed by atoms with E-state index in [0.29, 0.717) is 6.54 Å². The molecule has 1 aliphatic rings. The predicted octanol–water partition coefficient (Wildman–Crippen LogP) is 2.90. The summed E-state index contributed by atoms with van der Waals surface area (Å²) in [5.74, 6) is 0.970. The van der Waals surface area contributed by atoms with Crippen LogP contribution < -0.4 is 10.2 Å². The Balaban J connectivity index is 1.59. The molecule has 0 saturated carbocycles. The fourth-order valence-electron chi connectivity index (χ4n) is 2.81. The lowest BCUT2D eigenvalue weighted by Crippen LogP contribution is -2.29. The number of aryl methyl sites for hydroxylation is 1. The Kier molecular flexibility index (Phi) is 4.38. The lowest BCUT2D eigenvalue weighted by atomic mass is 10.1. The average Bonchev–Trinajstić information content (AvgIpc) is 3.02. The summed E-state index contributed by atoms with van der Waals surface area (Å²) in [6.45, 7) is 6.01. The molecule has 1 saturated heterocycles. The maximum Gasteiger partial charge on any atom is 0.146 e. The van der Waals surface area contributed by atoms with E-state index < -0.39 is 0 Å². The van der Waals surface area contributed by atoms with Crippen LogP contribution >= 0.6 is 0 Å². The second-order valence-electron chi connectivity index (χ2n) is 5.44. The van der Waals surface area contributed by atoms with Gasteiger partial charge in [-0.1, -0.05) is 0 Å². The molecule has 5 nitrogen and oxygen atoms in total. The van der Waals surface area contributed by atoms with Gasteiger partial charge in [-0.15, -0.1) is 0 Å². The van der Waals surface area contributed by atoms with Gasteiger partial charge in [-0.25, -0.2) is 9.67 Å². The zero-order chi connectivity index (χ0) is 14.5. The van der Waals surface area contributed by atoms with Crippen LogP contribution in [0.5, 0.6) is 0 Å². The summed E-state index contributed by atoms with van der Waals surface area (Å²) >= 11 is 0. The van der Waals surface area contributed by atoms with Crippen molar-refractivity contribution in [3.63, 3.8) is 0 Å². The first-order valence-corrected chi connectivity index (χ1v) is 7.82. The molecule has 1 fully saturated rings. The molecule has 5 heteroatoms. The number of benzene rings is 1. The summed E-state index contributed by atoms with van der Waals surface area (Å²) in [6, 6.07) is 8.71. The van der Waals surface area contributed by atoms with Gasteiger partial charge >= 0.3 is 0 Å². The van der Waals surface area contributed by atoms with Crippen molar-refractivity contribution in [1.82, 2.24) is 14.8 Å². The van der Waals surface area contributed by atoms with E-state index in [9.17, 15) is 0 Å². The van der Waals surface area contributed by atoms with Crippen molar-refractivity contribution in [2.75, 3.05) is 23.3 Å². The van der Waals surface area contributed by atoms with E-state index >= 15 is 0 Å². The number of piperidine rings is 1. The minimum Gasteiger partial charge on any atom is -0.378 e. The van der Waals surface area contributed by atoms with Gasteiger partial charge in [-0.05, 0) is 50.5 Å². The normalized spacial score (nSPS) is 15.2. The van der Waals surface area contributed by atoms with Gasteiger partial charge in [0.15, 0.2) is 0 Å². The molecule has 1 N–H and O–H groups in total. The van der Waals surface area contributed by atoms with E-state index in [1.807, 2.05) is 4.68 Å². The van der Waals surface area contributed by atoms with E-state index in [1.165, 1.54) is 38.0 Å². The summed E-state index contributed by atoms with van der Waals surface area (Å²) in [5, 5.41) is 7.59. The van der Waals surface area contributed by atoms with Crippen LogP contribution in [0.25, 0.3) is 0 Å². The molecule has 112 valence electrons. The Morgan fingerprint density at radius 1 is 1.10 bits per heavy atom. The van der Waals surface area contributed by atoms with Gasteiger partial charge in [0, 0.05) is 31.0 Å². The average molecular weight is 285 g/mol. The molecule has 1 aromatic carbocycles. The van der Waals surface area contributed by atoms with Crippen LogP contribution in [-0.4, -0.2) is 27.9 Å². The first-order valence-electron chi connectivity index (χ1n) is 7.82.